The lowest BCUT2D eigenvalue weighted by Crippen LogP contribution is -2.14. The van der Waals surface area contributed by atoms with Crippen LogP contribution in [0.25, 0.3) is 0 Å². The highest BCUT2D eigenvalue weighted by atomic mass is 19.3. The minimum Gasteiger partial charge on any atom is -0.481 e. The van der Waals surface area contributed by atoms with Gasteiger partial charge in [-0.25, -0.2) is 0 Å². The van der Waals surface area contributed by atoms with Gasteiger partial charge in [-0.2, -0.15) is 8.78 Å². The number of carboxylic acid groups (broad SMARTS) is 1. The maximum absolute atomic E-state index is 12.1. The zero-order valence-electron chi connectivity index (χ0n) is 10.6. The first kappa shape index (κ1) is 15.2. The van der Waals surface area contributed by atoms with Crippen LogP contribution >= 0.6 is 0 Å². The van der Waals surface area contributed by atoms with Crippen LogP contribution in [0.3, 0.4) is 0 Å². The monoisotopic (exact) mass is 273 g/mol. The van der Waals surface area contributed by atoms with E-state index in [1.54, 1.807) is 0 Å². The summed E-state index contributed by atoms with van der Waals surface area (Å²) in [5.41, 5.74) is 6.31. The molecule has 1 rings (SSSR count). The fourth-order valence-corrected chi connectivity index (χ4v) is 1.85. The summed E-state index contributed by atoms with van der Waals surface area (Å²) in [4.78, 5) is 11.2. The van der Waals surface area contributed by atoms with E-state index in [4.69, 9.17) is 5.73 Å². The van der Waals surface area contributed by atoms with Gasteiger partial charge in [0.05, 0.1) is 5.92 Å². The van der Waals surface area contributed by atoms with Crippen molar-refractivity contribution in [2.45, 2.75) is 38.7 Å². The van der Waals surface area contributed by atoms with Crippen LogP contribution in [0.1, 0.15) is 37.7 Å². The van der Waals surface area contributed by atoms with E-state index < -0.39 is 18.5 Å². The third-order valence-corrected chi connectivity index (χ3v) is 2.80. The summed E-state index contributed by atoms with van der Waals surface area (Å²) in [6.45, 7) is -1.01. The molecule has 106 valence electrons. The molecule has 6 heteroatoms. The van der Waals surface area contributed by atoms with Gasteiger partial charge >= 0.3 is 12.6 Å². The predicted octanol–water partition coefficient (Wildman–Crippen LogP) is 3.23. The van der Waals surface area contributed by atoms with Crippen LogP contribution in [0, 0.1) is 0 Å². The molecule has 0 aromatic heterocycles. The second-order valence-electron chi connectivity index (χ2n) is 4.20. The van der Waals surface area contributed by atoms with E-state index in [1.165, 1.54) is 18.2 Å². The van der Waals surface area contributed by atoms with Crippen LogP contribution in [0.15, 0.2) is 18.2 Å². The molecule has 0 saturated heterocycles. The summed E-state index contributed by atoms with van der Waals surface area (Å²) >= 11 is 0. The number of nitrogen functional groups attached to an aromatic ring is 1. The molecule has 0 bridgehead atoms. The highest BCUT2D eigenvalue weighted by Crippen LogP contribution is 2.31. The molecule has 1 atom stereocenters. The standard InChI is InChI=1S/C13H17F2NO3/c1-2-3-4-9(12(17)18)10-7-8(19-13(14)15)5-6-11(10)16/h5-7,9,13H,2-4,16H2,1H3,(H,17,18). The summed E-state index contributed by atoms with van der Waals surface area (Å²) < 4.78 is 28.6. The lowest BCUT2D eigenvalue weighted by atomic mass is 9.92. The number of nitrogens with two attached hydrogens (primary N) is 1. The molecule has 0 spiro atoms. The Hall–Kier alpha value is -1.85. The summed E-state index contributed by atoms with van der Waals surface area (Å²) in [7, 11) is 0. The van der Waals surface area contributed by atoms with Gasteiger partial charge in [0.15, 0.2) is 0 Å². The smallest absolute Gasteiger partial charge is 0.387 e. The number of alkyl halides is 2. The van der Waals surface area contributed by atoms with E-state index in [0.717, 1.165) is 12.8 Å². The lowest BCUT2D eigenvalue weighted by Gasteiger charge is -2.16. The average molecular weight is 273 g/mol. The average Bonchev–Trinajstić information content (AvgIpc) is 2.32. The first-order chi connectivity index (χ1) is 8.95. The third-order valence-electron chi connectivity index (χ3n) is 2.80. The van der Waals surface area contributed by atoms with Crippen LogP contribution in [0.2, 0.25) is 0 Å². The summed E-state index contributed by atoms with van der Waals surface area (Å²) in [6.07, 6.45) is 1.97. The van der Waals surface area contributed by atoms with Crippen molar-refractivity contribution >= 4 is 11.7 Å². The second kappa shape index (κ2) is 6.92. The number of carbonyl (C=O) groups is 1. The van der Waals surface area contributed by atoms with Crippen molar-refractivity contribution in [2.24, 2.45) is 0 Å². The number of halogens is 2. The Morgan fingerprint density at radius 3 is 2.68 bits per heavy atom. The van der Waals surface area contributed by atoms with Crippen molar-refractivity contribution in [3.8, 4) is 5.75 Å². The molecule has 0 saturated carbocycles. The maximum atomic E-state index is 12.1. The number of rotatable bonds is 7. The zero-order chi connectivity index (χ0) is 14.4. The molecule has 0 radical (unpaired) electrons. The number of carboxylic acids is 1. The van der Waals surface area contributed by atoms with Crippen molar-refractivity contribution in [3.05, 3.63) is 23.8 Å². The lowest BCUT2D eigenvalue weighted by molar-refractivity contribution is -0.139. The van der Waals surface area contributed by atoms with Crippen LogP contribution in [-0.4, -0.2) is 17.7 Å². The van der Waals surface area contributed by atoms with E-state index in [9.17, 15) is 18.7 Å². The van der Waals surface area contributed by atoms with Gasteiger partial charge in [-0.15, -0.1) is 0 Å². The van der Waals surface area contributed by atoms with Crippen molar-refractivity contribution in [2.75, 3.05) is 5.73 Å². The molecule has 0 aliphatic carbocycles. The van der Waals surface area contributed by atoms with Crippen molar-refractivity contribution < 1.29 is 23.4 Å². The highest BCUT2D eigenvalue weighted by Gasteiger charge is 2.22. The summed E-state index contributed by atoms with van der Waals surface area (Å²) in [5.74, 6) is -1.91. The molecule has 4 nitrogen and oxygen atoms in total. The van der Waals surface area contributed by atoms with Gasteiger partial charge in [-0.05, 0) is 30.2 Å². The van der Waals surface area contributed by atoms with Crippen molar-refractivity contribution in [1.82, 2.24) is 0 Å². The number of aliphatic carboxylic acids is 1. The minimum absolute atomic E-state index is 0.0815. The van der Waals surface area contributed by atoms with E-state index in [2.05, 4.69) is 4.74 Å². The summed E-state index contributed by atoms with van der Waals surface area (Å²) in [5, 5.41) is 9.21. The van der Waals surface area contributed by atoms with E-state index in [1.807, 2.05) is 6.92 Å². The number of unbranched alkanes of at least 4 members (excludes halogenated alkanes) is 1. The Morgan fingerprint density at radius 1 is 1.47 bits per heavy atom. The molecule has 1 aromatic rings. The van der Waals surface area contributed by atoms with E-state index in [-0.39, 0.29) is 11.4 Å². The molecule has 0 amide bonds. The molecule has 1 unspecified atom stereocenters. The molecule has 0 heterocycles. The quantitative estimate of drug-likeness (QED) is 0.748. The van der Waals surface area contributed by atoms with Gasteiger partial charge in [-0.3, -0.25) is 4.79 Å². The SMILES string of the molecule is CCCCC(C(=O)O)c1cc(OC(F)F)ccc1N. The van der Waals surface area contributed by atoms with Gasteiger partial charge in [-0.1, -0.05) is 19.8 Å². The van der Waals surface area contributed by atoms with Crippen molar-refractivity contribution in [3.63, 3.8) is 0 Å². The predicted molar refractivity (Wildman–Crippen MR) is 67.4 cm³/mol. The maximum Gasteiger partial charge on any atom is 0.387 e. The van der Waals surface area contributed by atoms with Crippen LogP contribution in [0.4, 0.5) is 14.5 Å². The van der Waals surface area contributed by atoms with Crippen molar-refractivity contribution in [1.29, 1.82) is 0 Å². The fraction of sp³-hybridized carbons (Fsp3) is 0.462. The molecule has 0 aliphatic heterocycles. The molecular formula is C13H17F2NO3. The summed E-state index contributed by atoms with van der Waals surface area (Å²) in [6, 6.07) is 3.95. The number of hydrogen-bond donors (Lipinski definition) is 2. The number of anilines is 1. The molecule has 19 heavy (non-hydrogen) atoms. The molecular weight excluding hydrogens is 256 g/mol. The number of ether oxygens (including phenoxy) is 1. The minimum atomic E-state index is -2.95. The Kier molecular flexibility index (Phi) is 5.54. The Labute approximate surface area is 110 Å². The van der Waals surface area contributed by atoms with Gasteiger partial charge in [0.1, 0.15) is 5.75 Å². The Balaban J connectivity index is 3.03. The second-order valence-corrected chi connectivity index (χ2v) is 4.20. The van der Waals surface area contributed by atoms with Gasteiger partial charge in [0.25, 0.3) is 0 Å². The molecule has 3 N–H and O–H groups in total. The van der Waals surface area contributed by atoms with Gasteiger partial charge in [0, 0.05) is 5.69 Å². The largest absolute Gasteiger partial charge is 0.481 e. The third kappa shape index (κ3) is 4.39. The number of hydrogen-bond acceptors (Lipinski definition) is 3. The Morgan fingerprint density at radius 2 is 2.16 bits per heavy atom. The first-order valence-electron chi connectivity index (χ1n) is 6.02. The van der Waals surface area contributed by atoms with Gasteiger partial charge < -0.3 is 15.6 Å². The highest BCUT2D eigenvalue weighted by molar-refractivity contribution is 5.78. The van der Waals surface area contributed by atoms with Crippen LogP contribution in [-0.2, 0) is 4.79 Å². The number of benzene rings is 1. The normalized spacial score (nSPS) is 12.4. The topological polar surface area (TPSA) is 72.5 Å². The van der Waals surface area contributed by atoms with Crippen LogP contribution in [0.5, 0.6) is 5.75 Å². The van der Waals surface area contributed by atoms with Crippen LogP contribution < -0.4 is 10.5 Å². The molecule has 1 aromatic carbocycles. The van der Waals surface area contributed by atoms with Gasteiger partial charge in [0.2, 0.25) is 0 Å². The first-order valence-corrected chi connectivity index (χ1v) is 6.02. The molecule has 0 aliphatic rings. The van der Waals surface area contributed by atoms with E-state index in [0.29, 0.717) is 12.0 Å². The fourth-order valence-electron chi connectivity index (χ4n) is 1.85. The zero-order valence-corrected chi connectivity index (χ0v) is 10.6. The molecule has 0 fully saturated rings. The Bertz CT molecular complexity index is 438. The van der Waals surface area contributed by atoms with E-state index >= 15 is 0 Å².